The van der Waals surface area contributed by atoms with Crippen molar-refractivity contribution in [3.8, 4) is 0 Å². The third-order valence-electron chi connectivity index (χ3n) is 12.0. The minimum absolute atomic E-state index is 0.0581. The Bertz CT molecular complexity index is 1590. The highest BCUT2D eigenvalue weighted by Crippen LogP contribution is 2.34. The molecule has 0 unspecified atom stereocenters. The van der Waals surface area contributed by atoms with E-state index in [0.717, 1.165) is 31.9 Å². The van der Waals surface area contributed by atoms with Crippen LogP contribution in [0, 0.1) is 0 Å². The standard InChI is InChI=1S/C40H68N6O19S/c1-18(49)43-28-33(56)31(54)23(16-61-38-29(44-19(2)50)36(32(55)22(15-48)62-38)65-39-35(58)34(57)30(53)21(14-47)63-39)64-37(28)60-13-7-3-4-9-25(51)41-11-12-42-26(52)10-6-5-8-24-27-20(17-66-24)45-40(59)46-27/h20-24,27-39,47-48,53-58H,3-17H2,1-2H3,(H,41,51)(H,42,52)(H,43,49)(H,44,50)(H2,45,46,59)/t20-,21+,22+,23+,24-,27-,28+,29+,30-,31-,32+,33+,34-,35+,36+,37-,38+,39-/m0/s1. The maximum absolute atomic E-state index is 12.4. The minimum Gasteiger partial charge on any atom is -0.394 e. The highest BCUT2D eigenvalue weighted by Gasteiger charge is 2.53. The predicted octanol–water partition coefficient (Wildman–Crippen LogP) is -5.74. The topological polar surface area (TPSA) is 375 Å². The van der Waals surface area contributed by atoms with Crippen LogP contribution in [0.1, 0.15) is 65.2 Å². The van der Waals surface area contributed by atoms with Gasteiger partial charge in [0.1, 0.15) is 73.1 Å². The van der Waals surface area contributed by atoms with Crippen molar-refractivity contribution in [2.75, 3.05) is 45.3 Å². The molecule has 0 aromatic carbocycles. The van der Waals surface area contributed by atoms with Crippen molar-refractivity contribution in [2.24, 2.45) is 0 Å². The van der Waals surface area contributed by atoms with Gasteiger partial charge in [0.05, 0.1) is 31.9 Å². The quantitative estimate of drug-likeness (QED) is 0.0317. The van der Waals surface area contributed by atoms with Gasteiger partial charge in [0.2, 0.25) is 23.6 Å². The Morgan fingerprint density at radius 2 is 1.24 bits per heavy atom. The molecule has 378 valence electrons. The van der Waals surface area contributed by atoms with Crippen LogP contribution >= 0.6 is 11.8 Å². The van der Waals surface area contributed by atoms with Gasteiger partial charge in [0.25, 0.3) is 0 Å². The van der Waals surface area contributed by atoms with Gasteiger partial charge in [-0.2, -0.15) is 11.8 Å². The van der Waals surface area contributed by atoms with Gasteiger partial charge in [0, 0.05) is 57.4 Å². The highest BCUT2D eigenvalue weighted by atomic mass is 32.2. The van der Waals surface area contributed by atoms with E-state index in [2.05, 4.69) is 31.9 Å². The van der Waals surface area contributed by atoms with Crippen molar-refractivity contribution >= 4 is 41.4 Å². The highest BCUT2D eigenvalue weighted by molar-refractivity contribution is 8.00. The van der Waals surface area contributed by atoms with Crippen LogP contribution in [0.4, 0.5) is 4.79 Å². The number of unbranched alkanes of at least 4 members (excludes halogenated alkanes) is 3. The van der Waals surface area contributed by atoms with Crippen molar-refractivity contribution in [3.05, 3.63) is 0 Å². The van der Waals surface area contributed by atoms with Crippen LogP contribution in [0.25, 0.3) is 0 Å². The first-order valence-corrected chi connectivity index (χ1v) is 23.5. The van der Waals surface area contributed by atoms with E-state index in [-0.39, 0.29) is 56.0 Å². The van der Waals surface area contributed by atoms with Crippen molar-refractivity contribution in [1.29, 1.82) is 0 Å². The average molecular weight is 969 g/mol. The number of carbonyl (C=O) groups excluding carboxylic acids is 5. The Morgan fingerprint density at radius 1 is 0.667 bits per heavy atom. The van der Waals surface area contributed by atoms with E-state index < -0.39 is 124 Å². The summed E-state index contributed by atoms with van der Waals surface area (Å²) in [5.74, 6) is -0.615. The van der Waals surface area contributed by atoms with Crippen LogP contribution in [-0.4, -0.2) is 225 Å². The minimum atomic E-state index is -1.89. The smallest absolute Gasteiger partial charge is 0.315 e. The largest absolute Gasteiger partial charge is 0.394 e. The second kappa shape index (κ2) is 26.1. The Labute approximate surface area is 385 Å². The zero-order valence-corrected chi connectivity index (χ0v) is 37.8. The van der Waals surface area contributed by atoms with Gasteiger partial charge in [-0.3, -0.25) is 19.2 Å². The van der Waals surface area contributed by atoms with Crippen LogP contribution in [0.2, 0.25) is 0 Å². The van der Waals surface area contributed by atoms with Crippen LogP contribution in [-0.2, 0) is 47.6 Å². The third-order valence-corrected chi connectivity index (χ3v) is 13.5. The molecule has 0 aromatic rings. The van der Waals surface area contributed by atoms with E-state index in [1.807, 2.05) is 11.8 Å². The molecule has 14 N–H and O–H groups in total. The van der Waals surface area contributed by atoms with Crippen molar-refractivity contribution in [2.45, 2.75) is 175 Å². The maximum Gasteiger partial charge on any atom is 0.315 e. The summed E-state index contributed by atoms with van der Waals surface area (Å²) in [6, 6.07) is -2.45. The monoisotopic (exact) mass is 968 g/mol. The number of hydrogen-bond donors (Lipinski definition) is 14. The van der Waals surface area contributed by atoms with E-state index in [4.69, 9.17) is 28.4 Å². The molecule has 0 bridgehead atoms. The van der Waals surface area contributed by atoms with Crippen molar-refractivity contribution in [1.82, 2.24) is 31.9 Å². The SMILES string of the molecule is CC(=O)N[C@H]1[C@@H](OCCCCCC(=O)NCCNC(=O)CCCC[C@@H]2SC[C@@H]3NC(=O)N[C@@H]32)O[C@H](CO[C@@H]2O[C@H](CO)[C@@H](O)[C@H](O[C@@H]3O[C@H](CO)[C@H](O)[C@H](O)[C@H]3O)[C@H]2NC(C)=O)[C@H](O)[C@@H]1O. The Balaban J connectivity index is 1.04. The zero-order valence-electron chi connectivity index (χ0n) is 37.0. The number of nitrogens with one attached hydrogen (secondary N) is 6. The molecule has 25 nitrogen and oxygen atoms in total. The van der Waals surface area contributed by atoms with Gasteiger partial charge in [-0.05, 0) is 25.7 Å². The molecule has 0 aromatic heterocycles. The second-order valence-electron chi connectivity index (χ2n) is 17.1. The fourth-order valence-electron chi connectivity index (χ4n) is 8.50. The molecule has 26 heteroatoms. The number of ether oxygens (including phenoxy) is 6. The van der Waals surface area contributed by atoms with Crippen molar-refractivity contribution < 1.29 is 93.2 Å². The second-order valence-corrected chi connectivity index (χ2v) is 18.3. The average Bonchev–Trinajstić information content (AvgIpc) is 3.84. The molecule has 18 atom stereocenters. The first-order valence-electron chi connectivity index (χ1n) is 22.4. The van der Waals surface area contributed by atoms with Gasteiger partial charge in [-0.15, -0.1) is 0 Å². The number of hydrogen-bond acceptors (Lipinski definition) is 20. The molecule has 0 radical (unpaired) electrons. The molecule has 5 aliphatic rings. The molecule has 5 heterocycles. The molecule has 66 heavy (non-hydrogen) atoms. The lowest BCUT2D eigenvalue weighted by molar-refractivity contribution is -0.348. The van der Waals surface area contributed by atoms with Crippen LogP contribution in [0.3, 0.4) is 0 Å². The summed E-state index contributed by atoms with van der Waals surface area (Å²) < 4.78 is 34.8. The molecule has 0 saturated carbocycles. The molecular formula is C40H68N6O19S. The van der Waals surface area contributed by atoms with Gasteiger partial charge >= 0.3 is 6.03 Å². The van der Waals surface area contributed by atoms with Gasteiger partial charge < -0.3 is 101 Å². The number of carbonyl (C=O) groups is 5. The summed E-state index contributed by atoms with van der Waals surface area (Å²) in [6.45, 7) is 0.811. The molecule has 5 rings (SSSR count). The number of aliphatic hydroxyl groups excluding tert-OH is 8. The lowest BCUT2D eigenvalue weighted by atomic mass is 9.95. The maximum atomic E-state index is 12.4. The summed E-state index contributed by atoms with van der Waals surface area (Å²) in [7, 11) is 0. The lowest BCUT2D eigenvalue weighted by Gasteiger charge is -2.48. The molecule has 6 amide bonds. The molecule has 5 fully saturated rings. The van der Waals surface area contributed by atoms with Crippen LogP contribution in [0.15, 0.2) is 0 Å². The van der Waals surface area contributed by atoms with E-state index in [9.17, 15) is 64.8 Å². The number of urea groups is 1. The summed E-state index contributed by atoms with van der Waals surface area (Å²) in [4.78, 5) is 60.6. The zero-order chi connectivity index (χ0) is 48.1. The van der Waals surface area contributed by atoms with E-state index in [1.54, 1.807) is 0 Å². The predicted molar refractivity (Wildman–Crippen MR) is 227 cm³/mol. The first kappa shape index (κ1) is 53.9. The molecule has 0 aliphatic carbocycles. The van der Waals surface area contributed by atoms with Gasteiger partial charge in [-0.1, -0.05) is 12.8 Å². The molecule has 5 aliphatic heterocycles. The summed E-state index contributed by atoms with van der Waals surface area (Å²) in [5, 5.41) is 101. The molecular weight excluding hydrogens is 901 g/mol. The fourth-order valence-corrected chi connectivity index (χ4v) is 10.0. The number of fused-ring (bicyclic) bond motifs is 1. The van der Waals surface area contributed by atoms with Crippen molar-refractivity contribution in [3.63, 3.8) is 0 Å². The fraction of sp³-hybridized carbons (Fsp3) is 0.875. The number of aliphatic hydroxyl groups is 8. The number of amides is 6. The lowest BCUT2D eigenvalue weighted by Crippen LogP contribution is -2.68. The number of thioether (sulfide) groups is 1. The summed E-state index contributed by atoms with van der Waals surface area (Å²) >= 11 is 1.84. The molecule has 5 saturated heterocycles. The van der Waals surface area contributed by atoms with Gasteiger partial charge in [-0.25, -0.2) is 4.79 Å². The Kier molecular flexibility index (Phi) is 21.3. The first-order chi connectivity index (χ1) is 31.5. The normalized spacial score (nSPS) is 37.6. The van der Waals surface area contributed by atoms with E-state index in [1.165, 1.54) is 6.92 Å². The Morgan fingerprint density at radius 3 is 1.89 bits per heavy atom. The van der Waals surface area contributed by atoms with Crippen LogP contribution in [0.5, 0.6) is 0 Å². The number of rotatable bonds is 24. The third kappa shape index (κ3) is 14.7. The summed E-state index contributed by atoms with van der Waals surface area (Å²) in [6.07, 6.45) is -16.2. The van der Waals surface area contributed by atoms with Crippen LogP contribution < -0.4 is 31.9 Å². The Hall–Kier alpha value is -3.06. The summed E-state index contributed by atoms with van der Waals surface area (Å²) in [5.41, 5.74) is 0. The van der Waals surface area contributed by atoms with Gasteiger partial charge in [0.15, 0.2) is 18.9 Å². The van der Waals surface area contributed by atoms with E-state index >= 15 is 0 Å². The molecule has 0 spiro atoms. The van der Waals surface area contributed by atoms with E-state index in [0.29, 0.717) is 30.9 Å².